The van der Waals surface area contributed by atoms with Crippen LogP contribution in [0.4, 0.5) is 0 Å². The molecule has 0 fully saturated rings. The highest BCUT2D eigenvalue weighted by Crippen LogP contribution is 2.28. The Morgan fingerprint density at radius 3 is 2.19 bits per heavy atom. The molecule has 0 atom stereocenters. The molecule has 21 heavy (non-hydrogen) atoms. The normalized spacial score (nSPS) is 11.8. The summed E-state index contributed by atoms with van der Waals surface area (Å²) in [7, 11) is 0. The topological polar surface area (TPSA) is 9.23 Å². The van der Waals surface area contributed by atoms with E-state index in [0.717, 1.165) is 11.3 Å². The SMILES string of the molecule is CC(=COc1cc(C)ccc1C(C)C)c1ccc(C)cc1. The molecule has 0 saturated heterocycles. The molecule has 2 rings (SSSR count). The predicted molar refractivity (Wildman–Crippen MR) is 90.7 cm³/mol. The molecule has 0 radical (unpaired) electrons. The Balaban J connectivity index is 2.24. The van der Waals surface area contributed by atoms with Crippen molar-refractivity contribution in [2.24, 2.45) is 0 Å². The molecule has 0 aliphatic carbocycles. The fourth-order valence-electron chi connectivity index (χ4n) is 2.26. The van der Waals surface area contributed by atoms with E-state index in [-0.39, 0.29) is 0 Å². The highest BCUT2D eigenvalue weighted by molar-refractivity contribution is 5.63. The van der Waals surface area contributed by atoms with Crippen LogP contribution in [0.3, 0.4) is 0 Å². The van der Waals surface area contributed by atoms with Gasteiger partial charge in [-0.15, -0.1) is 0 Å². The molecule has 0 aromatic heterocycles. The summed E-state index contributed by atoms with van der Waals surface area (Å²) in [5, 5.41) is 0. The van der Waals surface area contributed by atoms with E-state index in [2.05, 4.69) is 77.1 Å². The first-order chi connectivity index (χ1) is 9.97. The molecule has 2 aromatic carbocycles. The van der Waals surface area contributed by atoms with Gasteiger partial charge >= 0.3 is 0 Å². The zero-order valence-corrected chi connectivity index (χ0v) is 13.6. The van der Waals surface area contributed by atoms with Gasteiger partial charge in [-0.05, 0) is 55.0 Å². The summed E-state index contributed by atoms with van der Waals surface area (Å²) in [6.45, 7) is 10.6. The van der Waals surface area contributed by atoms with Crippen molar-refractivity contribution in [3.8, 4) is 5.75 Å². The fraction of sp³-hybridized carbons (Fsp3) is 0.300. The summed E-state index contributed by atoms with van der Waals surface area (Å²) in [5.74, 6) is 1.41. The largest absolute Gasteiger partial charge is 0.464 e. The molecule has 110 valence electrons. The third-order valence-corrected chi connectivity index (χ3v) is 3.66. The van der Waals surface area contributed by atoms with Gasteiger partial charge < -0.3 is 4.74 Å². The van der Waals surface area contributed by atoms with Crippen LogP contribution in [0.25, 0.3) is 5.57 Å². The van der Waals surface area contributed by atoms with Crippen LogP contribution in [-0.4, -0.2) is 0 Å². The monoisotopic (exact) mass is 280 g/mol. The van der Waals surface area contributed by atoms with E-state index in [9.17, 15) is 0 Å². The molecule has 0 heterocycles. The van der Waals surface area contributed by atoms with Crippen molar-refractivity contribution >= 4 is 5.57 Å². The van der Waals surface area contributed by atoms with E-state index in [0.29, 0.717) is 5.92 Å². The number of benzene rings is 2. The molecule has 0 saturated carbocycles. The minimum atomic E-state index is 0.452. The molecule has 0 N–H and O–H groups in total. The molecule has 1 nitrogen and oxygen atoms in total. The maximum atomic E-state index is 5.96. The smallest absolute Gasteiger partial charge is 0.130 e. The summed E-state index contributed by atoms with van der Waals surface area (Å²) in [5.41, 5.74) is 6.06. The van der Waals surface area contributed by atoms with Crippen LogP contribution in [0.2, 0.25) is 0 Å². The Bertz CT molecular complexity index is 633. The Kier molecular flexibility index (Phi) is 4.85. The van der Waals surface area contributed by atoms with Crippen LogP contribution in [-0.2, 0) is 0 Å². The van der Waals surface area contributed by atoms with Gasteiger partial charge in [-0.3, -0.25) is 0 Å². The lowest BCUT2D eigenvalue weighted by Gasteiger charge is -2.13. The zero-order chi connectivity index (χ0) is 15.4. The highest BCUT2D eigenvalue weighted by atomic mass is 16.5. The molecule has 0 aliphatic heterocycles. The zero-order valence-electron chi connectivity index (χ0n) is 13.6. The molecule has 0 spiro atoms. The summed E-state index contributed by atoms with van der Waals surface area (Å²) in [6.07, 6.45) is 1.85. The van der Waals surface area contributed by atoms with Crippen molar-refractivity contribution in [2.45, 2.75) is 40.5 Å². The van der Waals surface area contributed by atoms with Crippen LogP contribution < -0.4 is 4.74 Å². The minimum absolute atomic E-state index is 0.452. The number of hydrogen-bond donors (Lipinski definition) is 0. The third kappa shape index (κ3) is 3.98. The van der Waals surface area contributed by atoms with Crippen molar-refractivity contribution in [2.75, 3.05) is 0 Å². The second-order valence-corrected chi connectivity index (χ2v) is 5.98. The van der Waals surface area contributed by atoms with Crippen LogP contribution in [0.15, 0.2) is 48.7 Å². The number of ether oxygens (including phenoxy) is 1. The van der Waals surface area contributed by atoms with Gasteiger partial charge in [0.15, 0.2) is 0 Å². The van der Waals surface area contributed by atoms with Gasteiger partial charge in [0.2, 0.25) is 0 Å². The molecular weight excluding hydrogens is 256 g/mol. The molecule has 1 heteroatoms. The second kappa shape index (κ2) is 6.62. The second-order valence-electron chi connectivity index (χ2n) is 5.98. The molecule has 0 aliphatic rings. The van der Waals surface area contributed by atoms with Gasteiger partial charge in [-0.25, -0.2) is 0 Å². The highest BCUT2D eigenvalue weighted by Gasteiger charge is 2.07. The van der Waals surface area contributed by atoms with Crippen molar-refractivity contribution in [3.05, 3.63) is 71.0 Å². The van der Waals surface area contributed by atoms with Gasteiger partial charge in [0.05, 0.1) is 6.26 Å². The lowest BCUT2D eigenvalue weighted by Crippen LogP contribution is -1.95. The standard InChI is InChI=1S/C20H24O/c1-14(2)19-11-8-16(4)12-20(19)21-13-17(5)18-9-6-15(3)7-10-18/h6-14H,1-5H3. The molecule has 0 unspecified atom stereocenters. The maximum Gasteiger partial charge on any atom is 0.130 e. The Hall–Kier alpha value is -2.02. The first-order valence-corrected chi connectivity index (χ1v) is 7.48. The summed E-state index contributed by atoms with van der Waals surface area (Å²) in [4.78, 5) is 0. The van der Waals surface area contributed by atoms with Crippen molar-refractivity contribution in [1.29, 1.82) is 0 Å². The van der Waals surface area contributed by atoms with Crippen LogP contribution in [0, 0.1) is 13.8 Å². The first kappa shape index (κ1) is 15.4. The summed E-state index contributed by atoms with van der Waals surface area (Å²) < 4.78 is 5.96. The van der Waals surface area contributed by atoms with E-state index < -0.39 is 0 Å². The van der Waals surface area contributed by atoms with E-state index in [1.165, 1.54) is 22.3 Å². The Morgan fingerprint density at radius 1 is 0.952 bits per heavy atom. The summed E-state index contributed by atoms with van der Waals surface area (Å²) in [6, 6.07) is 14.9. The third-order valence-electron chi connectivity index (χ3n) is 3.66. The number of aryl methyl sites for hydroxylation is 2. The van der Waals surface area contributed by atoms with Gasteiger partial charge in [0.1, 0.15) is 5.75 Å². The first-order valence-electron chi connectivity index (χ1n) is 7.48. The van der Waals surface area contributed by atoms with Crippen LogP contribution in [0.5, 0.6) is 5.75 Å². The quantitative estimate of drug-likeness (QED) is 0.637. The van der Waals surface area contributed by atoms with Crippen molar-refractivity contribution in [3.63, 3.8) is 0 Å². The number of hydrogen-bond acceptors (Lipinski definition) is 1. The predicted octanol–water partition coefficient (Wildman–Crippen LogP) is 5.87. The van der Waals surface area contributed by atoms with Crippen LogP contribution in [0.1, 0.15) is 48.9 Å². The van der Waals surface area contributed by atoms with Gasteiger partial charge in [0, 0.05) is 0 Å². The van der Waals surface area contributed by atoms with E-state index in [1.807, 2.05) is 6.26 Å². The average Bonchev–Trinajstić information content (AvgIpc) is 2.45. The van der Waals surface area contributed by atoms with E-state index >= 15 is 0 Å². The molecule has 2 aromatic rings. The van der Waals surface area contributed by atoms with Crippen molar-refractivity contribution < 1.29 is 4.74 Å². The van der Waals surface area contributed by atoms with Gasteiger partial charge in [-0.1, -0.05) is 55.8 Å². The number of rotatable bonds is 4. The Labute approximate surface area is 128 Å². The maximum absolute atomic E-state index is 5.96. The van der Waals surface area contributed by atoms with E-state index in [1.54, 1.807) is 0 Å². The summed E-state index contributed by atoms with van der Waals surface area (Å²) >= 11 is 0. The lowest BCUT2D eigenvalue weighted by molar-refractivity contribution is 0.473. The molecule has 0 amide bonds. The van der Waals surface area contributed by atoms with Crippen molar-refractivity contribution in [1.82, 2.24) is 0 Å². The average molecular weight is 280 g/mol. The molecule has 0 bridgehead atoms. The van der Waals surface area contributed by atoms with Gasteiger partial charge in [0.25, 0.3) is 0 Å². The fourth-order valence-corrected chi connectivity index (χ4v) is 2.26. The number of allylic oxidation sites excluding steroid dienone is 1. The Morgan fingerprint density at radius 2 is 1.57 bits per heavy atom. The minimum Gasteiger partial charge on any atom is -0.464 e. The van der Waals surface area contributed by atoms with Crippen LogP contribution >= 0.6 is 0 Å². The van der Waals surface area contributed by atoms with E-state index in [4.69, 9.17) is 4.74 Å². The lowest BCUT2D eigenvalue weighted by atomic mass is 10.0. The molecular formula is C20H24O. The van der Waals surface area contributed by atoms with Gasteiger partial charge in [-0.2, -0.15) is 0 Å².